The average molecular weight is 216 g/mol. The molecule has 1 rings (SSSR count). The van der Waals surface area contributed by atoms with Crippen LogP contribution in [0.25, 0.3) is 0 Å². The highest BCUT2D eigenvalue weighted by Crippen LogP contribution is 2.22. The van der Waals surface area contributed by atoms with E-state index < -0.39 is 29.7 Å². The number of hydrogen-bond donors (Lipinski definition) is 1. The Morgan fingerprint density at radius 1 is 1.27 bits per heavy atom. The van der Waals surface area contributed by atoms with Crippen molar-refractivity contribution in [2.45, 2.75) is 51.4 Å². The molecule has 1 saturated heterocycles. The van der Waals surface area contributed by atoms with Gasteiger partial charge >= 0.3 is 11.9 Å². The summed E-state index contributed by atoms with van der Waals surface area (Å²) in [7, 11) is 0. The van der Waals surface area contributed by atoms with Crippen molar-refractivity contribution in [1.82, 2.24) is 0 Å². The molecule has 0 unspecified atom stereocenters. The molecule has 0 aromatic carbocycles. The largest absolute Gasteiger partial charge is 0.479 e. The smallest absolute Gasteiger partial charge is 0.335 e. The number of carboxylic acid groups (broad SMARTS) is 1. The zero-order valence-electron chi connectivity index (χ0n) is 9.15. The Labute approximate surface area is 88.4 Å². The molecule has 0 aromatic heterocycles. The molecule has 1 fully saturated rings. The molecule has 0 saturated carbocycles. The molecule has 0 bridgehead atoms. The van der Waals surface area contributed by atoms with Gasteiger partial charge in [-0.15, -0.1) is 0 Å². The minimum Gasteiger partial charge on any atom is -0.479 e. The molecule has 1 aliphatic heterocycles. The lowest BCUT2D eigenvalue weighted by molar-refractivity contribution is -0.170. The zero-order valence-corrected chi connectivity index (χ0v) is 9.15. The van der Waals surface area contributed by atoms with Crippen molar-refractivity contribution in [3.63, 3.8) is 0 Å². The average Bonchev–Trinajstić information content (AvgIpc) is 2.47. The van der Waals surface area contributed by atoms with Gasteiger partial charge in [0.05, 0.1) is 0 Å². The minimum absolute atomic E-state index is 0.360. The molecule has 0 aliphatic carbocycles. The maximum absolute atomic E-state index is 11.5. The number of carbonyl (C=O) groups is 2. The van der Waals surface area contributed by atoms with Crippen molar-refractivity contribution in [3.05, 3.63) is 0 Å². The van der Waals surface area contributed by atoms with Gasteiger partial charge in [0.1, 0.15) is 5.60 Å². The predicted octanol–water partition coefficient (Wildman–Crippen LogP) is 0.960. The highest BCUT2D eigenvalue weighted by Gasteiger charge is 2.36. The fourth-order valence-electron chi connectivity index (χ4n) is 1.36. The van der Waals surface area contributed by atoms with Gasteiger partial charge in [0.15, 0.2) is 12.2 Å². The van der Waals surface area contributed by atoms with E-state index in [0.717, 1.165) is 0 Å². The van der Waals surface area contributed by atoms with Crippen molar-refractivity contribution in [2.75, 3.05) is 0 Å². The minimum atomic E-state index is -1.03. The van der Waals surface area contributed by atoms with E-state index in [1.54, 1.807) is 20.8 Å². The zero-order chi connectivity index (χ0) is 11.6. The van der Waals surface area contributed by atoms with E-state index in [0.29, 0.717) is 12.8 Å². The Hall–Kier alpha value is -1.10. The summed E-state index contributed by atoms with van der Waals surface area (Å²) < 4.78 is 10.1. The molecule has 15 heavy (non-hydrogen) atoms. The van der Waals surface area contributed by atoms with Crippen molar-refractivity contribution in [1.29, 1.82) is 0 Å². The topological polar surface area (TPSA) is 72.8 Å². The van der Waals surface area contributed by atoms with E-state index >= 15 is 0 Å². The second kappa shape index (κ2) is 4.18. The van der Waals surface area contributed by atoms with Crippen LogP contribution in [0.1, 0.15) is 33.6 Å². The molecule has 0 amide bonds. The molecule has 1 aliphatic rings. The van der Waals surface area contributed by atoms with Crippen LogP contribution in [0.4, 0.5) is 0 Å². The van der Waals surface area contributed by atoms with Gasteiger partial charge < -0.3 is 14.6 Å². The Balaban J connectivity index is 2.47. The van der Waals surface area contributed by atoms with Gasteiger partial charge in [-0.1, -0.05) is 0 Å². The maximum Gasteiger partial charge on any atom is 0.335 e. The Kier molecular flexibility index (Phi) is 3.34. The van der Waals surface area contributed by atoms with Crippen molar-refractivity contribution >= 4 is 11.9 Å². The van der Waals surface area contributed by atoms with E-state index in [9.17, 15) is 9.59 Å². The number of ether oxygens (including phenoxy) is 2. The van der Waals surface area contributed by atoms with Crippen LogP contribution in [0.2, 0.25) is 0 Å². The lowest BCUT2D eigenvalue weighted by Gasteiger charge is -2.21. The Morgan fingerprint density at radius 3 is 2.20 bits per heavy atom. The predicted molar refractivity (Wildman–Crippen MR) is 51.4 cm³/mol. The first-order chi connectivity index (χ1) is 6.79. The van der Waals surface area contributed by atoms with Gasteiger partial charge in [0, 0.05) is 0 Å². The summed E-state index contributed by atoms with van der Waals surface area (Å²) in [5.41, 5.74) is -0.568. The maximum atomic E-state index is 11.5. The molecule has 0 radical (unpaired) electrons. The van der Waals surface area contributed by atoms with E-state index in [2.05, 4.69) is 0 Å². The van der Waals surface area contributed by atoms with Gasteiger partial charge in [-0.3, -0.25) is 0 Å². The van der Waals surface area contributed by atoms with E-state index in [1.165, 1.54) is 0 Å². The summed E-state index contributed by atoms with van der Waals surface area (Å²) in [6, 6.07) is 0. The van der Waals surface area contributed by atoms with Crippen LogP contribution in [0, 0.1) is 0 Å². The number of hydrogen-bond acceptors (Lipinski definition) is 4. The van der Waals surface area contributed by atoms with Crippen LogP contribution in [0.5, 0.6) is 0 Å². The molecule has 1 N–H and O–H groups in total. The molecule has 0 aromatic rings. The number of carboxylic acids is 1. The summed E-state index contributed by atoms with van der Waals surface area (Å²) in [5.74, 6) is -1.51. The van der Waals surface area contributed by atoms with E-state index in [4.69, 9.17) is 14.6 Å². The molecule has 5 nitrogen and oxygen atoms in total. The third-order valence-electron chi connectivity index (χ3n) is 1.96. The SMILES string of the molecule is CC(C)(C)OC(=O)[C@H]1CC[C@H](C(=O)O)O1. The number of carbonyl (C=O) groups excluding carboxylic acids is 1. The highest BCUT2D eigenvalue weighted by atomic mass is 16.6. The lowest BCUT2D eigenvalue weighted by Crippen LogP contribution is -2.32. The third-order valence-corrected chi connectivity index (χ3v) is 1.96. The summed E-state index contributed by atoms with van der Waals surface area (Å²) in [4.78, 5) is 22.1. The van der Waals surface area contributed by atoms with Crippen LogP contribution >= 0.6 is 0 Å². The van der Waals surface area contributed by atoms with Crippen molar-refractivity contribution in [3.8, 4) is 0 Å². The van der Waals surface area contributed by atoms with Crippen LogP contribution in [-0.4, -0.2) is 34.9 Å². The summed E-state index contributed by atoms with van der Waals surface area (Å²) in [5, 5.41) is 8.67. The third kappa shape index (κ3) is 3.51. The lowest BCUT2D eigenvalue weighted by atomic mass is 10.1. The van der Waals surface area contributed by atoms with Crippen LogP contribution < -0.4 is 0 Å². The second-order valence-corrected chi connectivity index (χ2v) is 4.56. The molecule has 2 atom stereocenters. The molecular weight excluding hydrogens is 200 g/mol. The summed E-state index contributed by atoms with van der Waals surface area (Å²) >= 11 is 0. The van der Waals surface area contributed by atoms with Crippen LogP contribution in [0.3, 0.4) is 0 Å². The first-order valence-electron chi connectivity index (χ1n) is 4.91. The number of esters is 1. The Morgan fingerprint density at radius 2 is 1.80 bits per heavy atom. The van der Waals surface area contributed by atoms with Gasteiger partial charge in [-0.05, 0) is 33.6 Å². The first-order valence-corrected chi connectivity index (χ1v) is 4.91. The summed E-state index contributed by atoms with van der Waals surface area (Å²) in [6.45, 7) is 5.28. The normalized spacial score (nSPS) is 26.3. The molecule has 5 heteroatoms. The molecule has 1 heterocycles. The van der Waals surface area contributed by atoms with Gasteiger partial charge in [-0.2, -0.15) is 0 Å². The van der Waals surface area contributed by atoms with E-state index in [-0.39, 0.29) is 0 Å². The fraction of sp³-hybridized carbons (Fsp3) is 0.800. The number of rotatable bonds is 2. The fourth-order valence-corrected chi connectivity index (χ4v) is 1.36. The van der Waals surface area contributed by atoms with Crippen LogP contribution in [-0.2, 0) is 19.1 Å². The van der Waals surface area contributed by atoms with Gasteiger partial charge in [0.2, 0.25) is 0 Å². The number of aliphatic carboxylic acids is 1. The monoisotopic (exact) mass is 216 g/mol. The molecule has 0 spiro atoms. The highest BCUT2D eigenvalue weighted by molar-refractivity contribution is 5.78. The molecule has 86 valence electrons. The summed E-state index contributed by atoms with van der Waals surface area (Å²) in [6.07, 6.45) is -0.835. The van der Waals surface area contributed by atoms with Gasteiger partial charge in [0.25, 0.3) is 0 Å². The van der Waals surface area contributed by atoms with E-state index in [1.807, 2.05) is 0 Å². The van der Waals surface area contributed by atoms with Crippen LogP contribution in [0.15, 0.2) is 0 Å². The van der Waals surface area contributed by atoms with Crippen molar-refractivity contribution in [2.24, 2.45) is 0 Å². The standard InChI is InChI=1S/C10H16O5/c1-10(2,3)15-9(13)7-5-4-6(14-7)8(11)12/h6-7H,4-5H2,1-3H3,(H,11,12)/t6-,7-/m1/s1. The second-order valence-electron chi connectivity index (χ2n) is 4.56. The quantitative estimate of drug-likeness (QED) is 0.696. The van der Waals surface area contributed by atoms with Gasteiger partial charge in [-0.25, -0.2) is 9.59 Å². The Bertz CT molecular complexity index is 265. The first kappa shape index (κ1) is 12.0. The van der Waals surface area contributed by atoms with Crippen molar-refractivity contribution < 1.29 is 24.2 Å². The molecular formula is C10H16O5.